The van der Waals surface area contributed by atoms with Gasteiger partial charge in [0.2, 0.25) is 10.0 Å². The van der Waals surface area contributed by atoms with Gasteiger partial charge in [-0.1, -0.05) is 0 Å². The van der Waals surface area contributed by atoms with E-state index in [-0.39, 0.29) is 42.8 Å². The van der Waals surface area contributed by atoms with Crippen molar-refractivity contribution in [2.45, 2.75) is 24.8 Å². The maximum atomic E-state index is 12.8. The van der Waals surface area contributed by atoms with Gasteiger partial charge in [0.1, 0.15) is 0 Å². The fourth-order valence-electron chi connectivity index (χ4n) is 2.43. The Morgan fingerprint density at radius 3 is 2.52 bits per heavy atom. The lowest BCUT2D eigenvalue weighted by atomic mass is 10.2. The van der Waals surface area contributed by atoms with Crippen molar-refractivity contribution in [2.75, 3.05) is 32.9 Å². The highest BCUT2D eigenvalue weighted by molar-refractivity contribution is 9.10. The van der Waals surface area contributed by atoms with Gasteiger partial charge in [0.25, 0.3) is 5.91 Å². The molecule has 10 nitrogen and oxygen atoms in total. The highest BCUT2D eigenvalue weighted by Gasteiger charge is 2.29. The van der Waals surface area contributed by atoms with Gasteiger partial charge in [-0.2, -0.15) is 4.31 Å². The molecule has 1 saturated heterocycles. The van der Waals surface area contributed by atoms with Crippen LogP contribution in [0, 0.1) is 0 Å². The van der Waals surface area contributed by atoms with Gasteiger partial charge in [-0.15, -0.1) is 0 Å². The van der Waals surface area contributed by atoms with Crippen LogP contribution in [0.1, 0.15) is 24.2 Å². The molecule has 0 bridgehead atoms. The van der Waals surface area contributed by atoms with Crippen molar-refractivity contribution in [2.24, 2.45) is 0 Å². The third-order valence-corrected chi connectivity index (χ3v) is 6.65. The molecule has 2 rings (SSSR count). The molecule has 1 aromatic carbocycles. The van der Waals surface area contributed by atoms with Gasteiger partial charge in [-0.25, -0.2) is 18.0 Å². The molecule has 1 aliphatic rings. The molecule has 0 spiro atoms. The van der Waals surface area contributed by atoms with Gasteiger partial charge in [0.15, 0.2) is 6.61 Å². The molecule has 29 heavy (non-hydrogen) atoms. The first-order chi connectivity index (χ1) is 13.6. The number of urea groups is 1. The van der Waals surface area contributed by atoms with Crippen molar-refractivity contribution in [3.05, 3.63) is 28.2 Å². The molecular formula is C17H22BrN3O7S. The summed E-state index contributed by atoms with van der Waals surface area (Å²) in [5, 5.41) is 4.48. The number of hydrogen-bond acceptors (Lipinski definition) is 7. The molecule has 1 aliphatic heterocycles. The lowest BCUT2D eigenvalue weighted by Gasteiger charge is -2.26. The van der Waals surface area contributed by atoms with E-state index in [1.165, 1.54) is 22.5 Å². The number of sulfonamides is 1. The molecule has 160 valence electrons. The normalized spacial score (nSPS) is 15.0. The molecule has 0 saturated carbocycles. The summed E-state index contributed by atoms with van der Waals surface area (Å²) in [5.74, 6) is -1.70. The summed E-state index contributed by atoms with van der Waals surface area (Å²) in [4.78, 5) is 35.3. The van der Waals surface area contributed by atoms with Crippen LogP contribution in [0.5, 0.6) is 0 Å². The monoisotopic (exact) mass is 491 g/mol. The number of halogens is 1. The van der Waals surface area contributed by atoms with Crippen molar-refractivity contribution < 1.29 is 32.3 Å². The van der Waals surface area contributed by atoms with Gasteiger partial charge < -0.3 is 14.8 Å². The second-order valence-electron chi connectivity index (χ2n) is 6.41. The molecule has 0 aromatic heterocycles. The summed E-state index contributed by atoms with van der Waals surface area (Å²) in [6.45, 7) is 3.76. The number of nitrogens with one attached hydrogen (secondary N) is 2. The zero-order chi connectivity index (χ0) is 21.6. The zero-order valence-electron chi connectivity index (χ0n) is 15.9. The number of nitrogens with zero attached hydrogens (tertiary/aromatic N) is 1. The largest absolute Gasteiger partial charge is 0.452 e. The molecule has 3 amide bonds. The Bertz CT molecular complexity index is 883. The molecule has 1 fully saturated rings. The molecule has 12 heteroatoms. The minimum Gasteiger partial charge on any atom is -0.452 e. The van der Waals surface area contributed by atoms with E-state index >= 15 is 0 Å². The number of rotatable bonds is 6. The number of carbonyl (C=O) groups is 3. The van der Waals surface area contributed by atoms with Crippen molar-refractivity contribution in [1.82, 2.24) is 14.9 Å². The molecular weight excluding hydrogens is 470 g/mol. The SMILES string of the molecule is CC(C)NC(=O)NC(=O)COC(=O)c1ccc(Br)c(S(=O)(=O)N2CCOCC2)c1. The molecule has 0 radical (unpaired) electrons. The van der Waals surface area contributed by atoms with Crippen LogP contribution in [0.4, 0.5) is 4.79 Å². The van der Waals surface area contributed by atoms with Crippen LogP contribution in [0.3, 0.4) is 0 Å². The van der Waals surface area contributed by atoms with Crippen LogP contribution in [0.2, 0.25) is 0 Å². The molecule has 1 aromatic rings. The van der Waals surface area contributed by atoms with Gasteiger partial charge in [-0.05, 0) is 48.0 Å². The van der Waals surface area contributed by atoms with Crippen LogP contribution in [-0.4, -0.2) is 69.6 Å². The standard InChI is InChI=1S/C17H22BrN3O7S/c1-11(2)19-17(24)20-15(22)10-28-16(23)12-3-4-13(18)14(9-12)29(25,26)21-5-7-27-8-6-21/h3-4,9,11H,5-8,10H2,1-2H3,(H2,19,20,22,24). The first-order valence-electron chi connectivity index (χ1n) is 8.76. The summed E-state index contributed by atoms with van der Waals surface area (Å²) in [5.41, 5.74) is -0.0422. The van der Waals surface area contributed by atoms with Crippen LogP contribution < -0.4 is 10.6 Å². The van der Waals surface area contributed by atoms with Crippen molar-refractivity contribution >= 4 is 43.9 Å². The second kappa shape index (κ2) is 10.1. The minimum atomic E-state index is -3.84. The van der Waals surface area contributed by atoms with Crippen molar-refractivity contribution in [1.29, 1.82) is 0 Å². The van der Waals surface area contributed by atoms with E-state index in [0.717, 1.165) is 0 Å². The fraction of sp³-hybridized carbons (Fsp3) is 0.471. The predicted molar refractivity (Wildman–Crippen MR) is 106 cm³/mol. The quantitative estimate of drug-likeness (QED) is 0.564. The first-order valence-corrected chi connectivity index (χ1v) is 11.0. The summed E-state index contributed by atoms with van der Waals surface area (Å²) in [6.07, 6.45) is 0. The van der Waals surface area contributed by atoms with Gasteiger partial charge >= 0.3 is 12.0 Å². The number of carbonyl (C=O) groups excluding carboxylic acids is 3. The minimum absolute atomic E-state index is 0.0422. The van der Waals surface area contributed by atoms with Gasteiger partial charge in [0.05, 0.1) is 23.7 Å². The van der Waals surface area contributed by atoms with Crippen LogP contribution in [-0.2, 0) is 24.3 Å². The van der Waals surface area contributed by atoms with Crippen LogP contribution in [0.25, 0.3) is 0 Å². The van der Waals surface area contributed by atoms with E-state index < -0.39 is 34.5 Å². The fourth-order valence-corrected chi connectivity index (χ4v) is 4.79. The maximum Gasteiger partial charge on any atom is 0.338 e. The maximum absolute atomic E-state index is 12.8. The molecule has 0 aliphatic carbocycles. The van der Waals surface area contributed by atoms with E-state index in [4.69, 9.17) is 9.47 Å². The Hall–Kier alpha value is -2.02. The Morgan fingerprint density at radius 2 is 1.90 bits per heavy atom. The third-order valence-electron chi connectivity index (χ3n) is 3.76. The highest BCUT2D eigenvalue weighted by Crippen LogP contribution is 2.27. The summed E-state index contributed by atoms with van der Waals surface area (Å²) in [7, 11) is -3.84. The van der Waals surface area contributed by atoms with E-state index in [1.54, 1.807) is 13.8 Å². The summed E-state index contributed by atoms with van der Waals surface area (Å²) in [6, 6.07) is 3.10. The molecule has 0 atom stereocenters. The number of benzene rings is 1. The number of ether oxygens (including phenoxy) is 2. The van der Waals surface area contributed by atoms with Crippen LogP contribution in [0.15, 0.2) is 27.6 Å². The lowest BCUT2D eigenvalue weighted by molar-refractivity contribution is -0.123. The van der Waals surface area contributed by atoms with Crippen molar-refractivity contribution in [3.8, 4) is 0 Å². The molecule has 2 N–H and O–H groups in total. The zero-order valence-corrected chi connectivity index (χ0v) is 18.3. The number of morpholine rings is 1. The van der Waals surface area contributed by atoms with Crippen molar-refractivity contribution in [3.63, 3.8) is 0 Å². The Balaban J connectivity index is 2.05. The smallest absolute Gasteiger partial charge is 0.338 e. The average molecular weight is 492 g/mol. The van der Waals surface area contributed by atoms with E-state index in [9.17, 15) is 22.8 Å². The number of imide groups is 1. The topological polar surface area (TPSA) is 131 Å². The predicted octanol–water partition coefficient (Wildman–Crippen LogP) is 0.861. The lowest BCUT2D eigenvalue weighted by Crippen LogP contribution is -2.44. The van der Waals surface area contributed by atoms with Gasteiger partial charge in [-0.3, -0.25) is 10.1 Å². The number of hydrogen-bond donors (Lipinski definition) is 2. The first kappa shape index (κ1) is 23.3. The summed E-state index contributed by atoms with van der Waals surface area (Å²) < 4.78 is 37.3. The Labute approximate surface area is 177 Å². The Kier molecular flexibility index (Phi) is 8.14. The molecule has 0 unspecified atom stereocenters. The van der Waals surface area contributed by atoms with E-state index in [2.05, 4.69) is 21.2 Å². The third kappa shape index (κ3) is 6.49. The van der Waals surface area contributed by atoms with E-state index in [1.807, 2.05) is 5.32 Å². The van der Waals surface area contributed by atoms with Crippen LogP contribution >= 0.6 is 15.9 Å². The molecule has 1 heterocycles. The number of esters is 1. The number of amides is 3. The highest BCUT2D eigenvalue weighted by atomic mass is 79.9. The average Bonchev–Trinajstić information content (AvgIpc) is 2.66. The van der Waals surface area contributed by atoms with Gasteiger partial charge in [0, 0.05) is 23.6 Å². The summed E-state index contributed by atoms with van der Waals surface area (Å²) >= 11 is 3.19. The second-order valence-corrected chi connectivity index (χ2v) is 9.17. The van der Waals surface area contributed by atoms with E-state index in [0.29, 0.717) is 4.47 Å². The Morgan fingerprint density at radius 1 is 1.24 bits per heavy atom.